The second-order valence-corrected chi connectivity index (χ2v) is 4.84. The van der Waals surface area contributed by atoms with Crippen molar-refractivity contribution in [3.05, 3.63) is 59.5 Å². The summed E-state index contributed by atoms with van der Waals surface area (Å²) in [5.74, 6) is -1.66. The van der Waals surface area contributed by atoms with Crippen molar-refractivity contribution in [3.8, 4) is 0 Å². The van der Waals surface area contributed by atoms with Crippen LogP contribution in [0.5, 0.6) is 0 Å². The lowest BCUT2D eigenvalue weighted by Crippen LogP contribution is -2.05. The summed E-state index contributed by atoms with van der Waals surface area (Å²) < 4.78 is 12.8. The normalized spacial score (nSPS) is 10.2. The van der Waals surface area contributed by atoms with Gasteiger partial charge >= 0.3 is 5.97 Å². The van der Waals surface area contributed by atoms with Crippen LogP contribution in [0.2, 0.25) is 0 Å². The van der Waals surface area contributed by atoms with E-state index in [0.29, 0.717) is 5.56 Å². The number of carbonyl (C=O) groups is 2. The maximum absolute atomic E-state index is 12.8. The molecule has 0 fully saturated rings. The average molecular weight is 291 g/mol. The van der Waals surface area contributed by atoms with Crippen LogP contribution in [-0.2, 0) is 0 Å². The Morgan fingerprint density at radius 2 is 1.90 bits per heavy atom. The van der Waals surface area contributed by atoms with Gasteiger partial charge in [-0.25, -0.2) is 14.2 Å². The number of aromatic nitrogens is 1. The Morgan fingerprint density at radius 3 is 2.55 bits per heavy atom. The molecule has 102 valence electrons. The van der Waals surface area contributed by atoms with E-state index in [0.717, 1.165) is 11.8 Å². The molecule has 1 N–H and O–H groups in total. The van der Waals surface area contributed by atoms with E-state index < -0.39 is 11.8 Å². The minimum absolute atomic E-state index is 0.0446. The quantitative estimate of drug-likeness (QED) is 0.677. The molecular weight excluding hydrogens is 281 g/mol. The van der Waals surface area contributed by atoms with Crippen LogP contribution in [0.25, 0.3) is 0 Å². The first-order chi connectivity index (χ1) is 9.58. The summed E-state index contributed by atoms with van der Waals surface area (Å²) >= 11 is 1.05. The van der Waals surface area contributed by atoms with Crippen molar-refractivity contribution in [2.45, 2.75) is 5.03 Å². The fourth-order valence-electron chi connectivity index (χ4n) is 1.52. The topological polar surface area (TPSA) is 67.3 Å². The average Bonchev–Trinajstić information content (AvgIpc) is 2.45. The second kappa shape index (κ2) is 6.29. The molecule has 0 saturated carbocycles. The third kappa shape index (κ3) is 3.42. The summed E-state index contributed by atoms with van der Waals surface area (Å²) in [5, 5.41) is 9.29. The lowest BCUT2D eigenvalue weighted by molar-refractivity contribution is 0.0692. The number of hydrogen-bond donors (Lipinski definition) is 1. The van der Waals surface area contributed by atoms with Crippen molar-refractivity contribution < 1.29 is 19.1 Å². The van der Waals surface area contributed by atoms with Crippen molar-refractivity contribution in [1.82, 2.24) is 4.98 Å². The third-order valence-corrected chi connectivity index (χ3v) is 3.51. The molecule has 0 atom stereocenters. The number of Topliss-reactive ketones (excluding diaryl/α,β-unsaturated/α-hetero) is 1. The maximum atomic E-state index is 12.8. The van der Waals surface area contributed by atoms with Gasteiger partial charge in [0.15, 0.2) is 5.78 Å². The highest BCUT2D eigenvalue weighted by molar-refractivity contribution is 8.00. The molecule has 1 heterocycles. The Hall–Kier alpha value is -2.21. The summed E-state index contributed by atoms with van der Waals surface area (Å²) in [4.78, 5) is 26.8. The smallest absolute Gasteiger partial charge is 0.338 e. The van der Waals surface area contributed by atoms with Gasteiger partial charge in [0.25, 0.3) is 0 Å². The summed E-state index contributed by atoms with van der Waals surface area (Å²) in [5.41, 5.74) is 0.441. The van der Waals surface area contributed by atoms with Gasteiger partial charge in [-0.2, -0.15) is 0 Å². The molecule has 2 rings (SSSR count). The number of halogens is 1. The molecule has 0 spiro atoms. The lowest BCUT2D eigenvalue weighted by Gasteiger charge is -2.04. The fourth-order valence-corrected chi connectivity index (χ4v) is 2.40. The number of hydrogen-bond acceptors (Lipinski definition) is 4. The highest BCUT2D eigenvalue weighted by Gasteiger charge is 2.13. The Morgan fingerprint density at radius 1 is 1.20 bits per heavy atom. The zero-order chi connectivity index (χ0) is 14.5. The number of carboxylic acids is 1. The Kier molecular flexibility index (Phi) is 4.47. The van der Waals surface area contributed by atoms with Gasteiger partial charge in [0.2, 0.25) is 0 Å². The number of aromatic carboxylic acids is 1. The fraction of sp³-hybridized carbons (Fsp3) is 0.0714. The number of nitrogens with zero attached hydrogens (tertiary/aromatic N) is 1. The van der Waals surface area contributed by atoms with Gasteiger partial charge in [0.1, 0.15) is 10.8 Å². The van der Waals surface area contributed by atoms with Gasteiger partial charge < -0.3 is 5.11 Å². The second-order valence-electron chi connectivity index (χ2n) is 3.88. The molecule has 6 heteroatoms. The van der Waals surface area contributed by atoms with Gasteiger partial charge in [0.05, 0.1) is 11.3 Å². The lowest BCUT2D eigenvalue weighted by atomic mass is 10.1. The Labute approximate surface area is 118 Å². The van der Waals surface area contributed by atoms with E-state index in [2.05, 4.69) is 4.98 Å². The molecule has 20 heavy (non-hydrogen) atoms. The number of rotatable bonds is 5. The Bertz CT molecular complexity index is 643. The standard InChI is InChI=1S/C14H10FNO3S/c15-10-5-3-9(4-6-10)12(17)8-20-13-11(14(18)19)2-1-7-16-13/h1-7H,8H2,(H,18,19). The van der Waals surface area contributed by atoms with Crippen LogP contribution in [0.4, 0.5) is 4.39 Å². The predicted molar refractivity (Wildman–Crippen MR) is 72.7 cm³/mol. The summed E-state index contributed by atoms with van der Waals surface area (Å²) in [7, 11) is 0. The van der Waals surface area contributed by atoms with E-state index in [9.17, 15) is 14.0 Å². The van der Waals surface area contributed by atoms with Gasteiger partial charge in [-0.3, -0.25) is 4.79 Å². The molecular formula is C14H10FNO3S. The van der Waals surface area contributed by atoms with Crippen LogP contribution < -0.4 is 0 Å². The molecule has 4 nitrogen and oxygen atoms in total. The molecule has 1 aromatic carbocycles. The predicted octanol–water partition coefficient (Wildman–Crippen LogP) is 2.89. The summed E-state index contributed by atoms with van der Waals surface area (Å²) in [6, 6.07) is 8.17. The number of carboxylic acid groups (broad SMARTS) is 1. The van der Waals surface area contributed by atoms with Gasteiger partial charge in [0, 0.05) is 11.8 Å². The first-order valence-corrected chi connectivity index (χ1v) is 6.66. The zero-order valence-corrected chi connectivity index (χ0v) is 11.1. The number of pyridine rings is 1. The van der Waals surface area contributed by atoms with Gasteiger partial charge in [-0.1, -0.05) is 11.8 Å². The van der Waals surface area contributed by atoms with Crippen molar-refractivity contribution in [2.24, 2.45) is 0 Å². The Balaban J connectivity index is 2.07. The van der Waals surface area contributed by atoms with E-state index in [1.807, 2.05) is 0 Å². The third-order valence-electron chi connectivity index (χ3n) is 2.51. The molecule has 0 bridgehead atoms. The molecule has 0 aliphatic heterocycles. The highest BCUT2D eigenvalue weighted by atomic mass is 32.2. The largest absolute Gasteiger partial charge is 0.478 e. The molecule has 2 aromatic rings. The molecule has 0 amide bonds. The van der Waals surface area contributed by atoms with Crippen molar-refractivity contribution >= 4 is 23.5 Å². The van der Waals surface area contributed by atoms with E-state index in [1.165, 1.54) is 42.6 Å². The van der Waals surface area contributed by atoms with Crippen molar-refractivity contribution in [2.75, 3.05) is 5.75 Å². The number of thioether (sulfide) groups is 1. The monoisotopic (exact) mass is 291 g/mol. The van der Waals surface area contributed by atoms with Crippen LogP contribution in [0, 0.1) is 5.82 Å². The first-order valence-electron chi connectivity index (χ1n) is 5.68. The first kappa shape index (κ1) is 14.2. The van der Waals surface area contributed by atoms with Crippen LogP contribution in [0.1, 0.15) is 20.7 Å². The number of ketones is 1. The van der Waals surface area contributed by atoms with Crippen LogP contribution >= 0.6 is 11.8 Å². The van der Waals surface area contributed by atoms with Crippen molar-refractivity contribution in [3.63, 3.8) is 0 Å². The van der Waals surface area contributed by atoms with Gasteiger partial charge in [-0.05, 0) is 36.4 Å². The minimum Gasteiger partial charge on any atom is -0.478 e. The van der Waals surface area contributed by atoms with Crippen molar-refractivity contribution in [1.29, 1.82) is 0 Å². The molecule has 0 radical (unpaired) electrons. The molecule has 0 saturated heterocycles. The molecule has 0 aliphatic rings. The highest BCUT2D eigenvalue weighted by Crippen LogP contribution is 2.21. The summed E-state index contributed by atoms with van der Waals surface area (Å²) in [6.07, 6.45) is 1.47. The van der Waals surface area contributed by atoms with E-state index in [-0.39, 0.29) is 22.1 Å². The molecule has 0 unspecified atom stereocenters. The van der Waals surface area contributed by atoms with E-state index >= 15 is 0 Å². The molecule has 1 aromatic heterocycles. The maximum Gasteiger partial charge on any atom is 0.338 e. The number of carbonyl (C=O) groups excluding carboxylic acids is 1. The van der Waals surface area contributed by atoms with Crippen LogP contribution in [0.15, 0.2) is 47.6 Å². The van der Waals surface area contributed by atoms with E-state index in [4.69, 9.17) is 5.11 Å². The zero-order valence-electron chi connectivity index (χ0n) is 10.2. The van der Waals surface area contributed by atoms with Crippen LogP contribution in [-0.4, -0.2) is 27.6 Å². The molecule has 0 aliphatic carbocycles. The van der Waals surface area contributed by atoms with Gasteiger partial charge in [-0.15, -0.1) is 0 Å². The van der Waals surface area contributed by atoms with E-state index in [1.54, 1.807) is 0 Å². The SMILES string of the molecule is O=C(CSc1ncccc1C(=O)O)c1ccc(F)cc1. The van der Waals surface area contributed by atoms with Crippen LogP contribution in [0.3, 0.4) is 0 Å². The number of benzene rings is 1. The minimum atomic E-state index is -1.09. The summed E-state index contributed by atoms with van der Waals surface area (Å²) in [6.45, 7) is 0.